The molecule has 0 saturated carbocycles. The van der Waals surface area contributed by atoms with Gasteiger partial charge in [-0.15, -0.1) is 0 Å². The molecular weight excluding hydrogens is 496 g/mol. The lowest BCUT2D eigenvalue weighted by atomic mass is 9.85. The molecule has 8 heteroatoms. The quantitative estimate of drug-likeness (QED) is 0.203. The third-order valence-electron chi connectivity index (χ3n) is 7.45. The van der Waals surface area contributed by atoms with Gasteiger partial charge in [0, 0.05) is 52.3 Å². The number of benzene rings is 3. The van der Waals surface area contributed by atoms with E-state index >= 15 is 0 Å². The van der Waals surface area contributed by atoms with Crippen molar-refractivity contribution in [1.29, 1.82) is 0 Å². The number of aromatic nitrogens is 2. The summed E-state index contributed by atoms with van der Waals surface area (Å²) in [5.74, 6) is 0.0728. The van der Waals surface area contributed by atoms with Gasteiger partial charge in [-0.3, -0.25) is 14.4 Å². The van der Waals surface area contributed by atoms with Gasteiger partial charge in [-0.05, 0) is 53.9 Å². The molecule has 192 valence electrons. The zero-order valence-corrected chi connectivity index (χ0v) is 21.1. The standard InChI is InChI=1S/C31H22N2O6/c1-33-15-17(20-13-18(37-2)7-9-24(20)33)12-26-29(35)19-8-10-25-28(30(19)39-26)21(14-27(34)38-25)22-11-16-5-3-4-6-23(16)32-31(22)36/h3-13,15,21H,14H2,1-2H3,(H,32,36). The Morgan fingerprint density at radius 2 is 1.87 bits per heavy atom. The van der Waals surface area contributed by atoms with E-state index in [1.165, 1.54) is 0 Å². The number of rotatable bonds is 3. The van der Waals surface area contributed by atoms with E-state index in [0.717, 1.165) is 21.9 Å². The van der Waals surface area contributed by atoms with Crippen molar-refractivity contribution in [3.8, 4) is 17.2 Å². The second-order valence-corrected chi connectivity index (χ2v) is 9.74. The number of H-pyrrole nitrogens is 1. The third kappa shape index (κ3) is 3.56. The normalized spacial score (nSPS) is 17.3. The Balaban J connectivity index is 1.37. The van der Waals surface area contributed by atoms with Crippen LogP contribution in [-0.2, 0) is 11.8 Å². The number of ether oxygens (including phenoxy) is 3. The minimum Gasteiger partial charge on any atom is -0.497 e. The highest BCUT2D eigenvalue weighted by Gasteiger charge is 2.39. The van der Waals surface area contributed by atoms with Crippen LogP contribution in [0.2, 0.25) is 0 Å². The second kappa shape index (κ2) is 8.46. The molecule has 0 amide bonds. The molecule has 0 radical (unpaired) electrons. The van der Waals surface area contributed by atoms with Crippen molar-refractivity contribution in [2.45, 2.75) is 12.3 Å². The van der Waals surface area contributed by atoms with Gasteiger partial charge in [-0.1, -0.05) is 18.2 Å². The molecule has 1 atom stereocenters. The molecule has 7 rings (SSSR count). The number of carbonyl (C=O) groups excluding carboxylic acids is 2. The Morgan fingerprint density at radius 3 is 2.72 bits per heavy atom. The second-order valence-electron chi connectivity index (χ2n) is 9.74. The fourth-order valence-corrected chi connectivity index (χ4v) is 5.58. The maximum Gasteiger partial charge on any atom is 0.312 e. The lowest BCUT2D eigenvalue weighted by Crippen LogP contribution is -2.26. The number of hydrogen-bond donors (Lipinski definition) is 1. The summed E-state index contributed by atoms with van der Waals surface area (Å²) in [7, 11) is 3.54. The van der Waals surface area contributed by atoms with Gasteiger partial charge >= 0.3 is 5.97 Å². The summed E-state index contributed by atoms with van der Waals surface area (Å²) in [5, 5.41) is 1.75. The van der Waals surface area contributed by atoms with E-state index in [0.29, 0.717) is 33.7 Å². The van der Waals surface area contributed by atoms with E-state index in [-0.39, 0.29) is 29.3 Å². The van der Waals surface area contributed by atoms with Crippen LogP contribution in [0.5, 0.6) is 17.2 Å². The SMILES string of the molecule is COc1ccc2c(c1)c(C=C1Oc3c(ccc4c3C(c3cc5ccccc5[nH]c3=O)CC(=O)O4)C1=O)cn2C. The Kier molecular flexibility index (Phi) is 5.00. The van der Waals surface area contributed by atoms with Crippen LogP contribution in [0.25, 0.3) is 27.9 Å². The molecule has 0 aliphatic carbocycles. The van der Waals surface area contributed by atoms with Gasteiger partial charge in [-0.25, -0.2) is 0 Å². The Labute approximate surface area is 222 Å². The van der Waals surface area contributed by atoms with Gasteiger partial charge in [0.25, 0.3) is 5.56 Å². The Hall–Kier alpha value is -5.11. The number of nitrogens with zero attached hydrogens (tertiary/aromatic N) is 1. The van der Waals surface area contributed by atoms with Crippen LogP contribution < -0.4 is 19.8 Å². The van der Waals surface area contributed by atoms with Gasteiger partial charge < -0.3 is 23.8 Å². The van der Waals surface area contributed by atoms with Crippen LogP contribution in [0.15, 0.2) is 77.4 Å². The Morgan fingerprint density at radius 1 is 1.03 bits per heavy atom. The van der Waals surface area contributed by atoms with E-state index in [1.807, 2.05) is 60.3 Å². The van der Waals surface area contributed by atoms with Gasteiger partial charge in [0.1, 0.15) is 17.2 Å². The van der Waals surface area contributed by atoms with Gasteiger partial charge in [0.15, 0.2) is 5.76 Å². The zero-order chi connectivity index (χ0) is 26.8. The number of methoxy groups -OCH3 is 1. The van der Waals surface area contributed by atoms with Crippen molar-refractivity contribution in [2.24, 2.45) is 7.05 Å². The molecule has 0 saturated heterocycles. The van der Waals surface area contributed by atoms with Crippen LogP contribution in [0.1, 0.15) is 39.4 Å². The molecule has 3 aromatic carbocycles. The van der Waals surface area contributed by atoms with Crippen LogP contribution in [0, 0.1) is 0 Å². The highest BCUT2D eigenvalue weighted by atomic mass is 16.5. The van der Waals surface area contributed by atoms with E-state index in [4.69, 9.17) is 14.2 Å². The van der Waals surface area contributed by atoms with Crippen LogP contribution in [0.3, 0.4) is 0 Å². The van der Waals surface area contributed by atoms with Crippen molar-refractivity contribution < 1.29 is 23.8 Å². The minimum absolute atomic E-state index is 0.0510. The molecule has 0 fully saturated rings. The summed E-state index contributed by atoms with van der Waals surface area (Å²) in [4.78, 5) is 42.1. The summed E-state index contributed by atoms with van der Waals surface area (Å²) in [6.45, 7) is 0. The van der Waals surface area contributed by atoms with E-state index in [2.05, 4.69) is 4.98 Å². The number of aromatic amines is 1. The number of esters is 1. The zero-order valence-electron chi connectivity index (χ0n) is 21.1. The number of hydrogen-bond acceptors (Lipinski definition) is 6. The molecule has 8 nitrogen and oxygen atoms in total. The maximum atomic E-state index is 13.5. The molecular formula is C31H22N2O6. The lowest BCUT2D eigenvalue weighted by molar-refractivity contribution is -0.135. The van der Waals surface area contributed by atoms with Crippen molar-refractivity contribution in [1.82, 2.24) is 9.55 Å². The van der Waals surface area contributed by atoms with Crippen LogP contribution in [0.4, 0.5) is 0 Å². The van der Waals surface area contributed by atoms with Crippen molar-refractivity contribution >= 4 is 39.6 Å². The highest BCUT2D eigenvalue weighted by Crippen LogP contribution is 2.48. The molecule has 2 aliphatic heterocycles. The van der Waals surface area contributed by atoms with E-state index < -0.39 is 11.9 Å². The first kappa shape index (κ1) is 23.0. The summed E-state index contributed by atoms with van der Waals surface area (Å²) in [6.07, 6.45) is 3.58. The molecule has 4 heterocycles. The molecule has 0 bridgehead atoms. The number of ketones is 1. The number of aryl methyl sites for hydroxylation is 1. The maximum absolute atomic E-state index is 13.5. The molecule has 5 aromatic rings. The number of nitrogens with one attached hydrogen (secondary N) is 1. The number of fused-ring (bicyclic) bond motifs is 5. The van der Waals surface area contributed by atoms with Crippen molar-refractivity contribution in [3.05, 3.63) is 105 Å². The fraction of sp³-hybridized carbons (Fsp3) is 0.129. The first-order valence-corrected chi connectivity index (χ1v) is 12.5. The van der Waals surface area contributed by atoms with Gasteiger partial charge in [0.05, 0.1) is 19.1 Å². The largest absolute Gasteiger partial charge is 0.497 e. The molecule has 0 spiro atoms. The molecule has 39 heavy (non-hydrogen) atoms. The predicted octanol–water partition coefficient (Wildman–Crippen LogP) is 5.09. The monoisotopic (exact) mass is 518 g/mol. The van der Waals surface area contributed by atoms with Crippen LogP contribution >= 0.6 is 0 Å². The smallest absolute Gasteiger partial charge is 0.312 e. The summed E-state index contributed by atoms with van der Waals surface area (Å²) in [5.41, 5.74) is 3.46. The minimum atomic E-state index is -0.640. The third-order valence-corrected chi connectivity index (χ3v) is 7.45. The van der Waals surface area contributed by atoms with Crippen molar-refractivity contribution in [2.75, 3.05) is 7.11 Å². The summed E-state index contributed by atoms with van der Waals surface area (Å²) >= 11 is 0. The average Bonchev–Trinajstić information content (AvgIpc) is 3.42. The van der Waals surface area contributed by atoms with Crippen LogP contribution in [-0.4, -0.2) is 28.4 Å². The Bertz CT molecular complexity index is 1960. The van der Waals surface area contributed by atoms with Crippen molar-refractivity contribution in [3.63, 3.8) is 0 Å². The molecule has 2 aliphatic rings. The number of allylic oxidation sites excluding steroid dienone is 1. The van der Waals surface area contributed by atoms with E-state index in [9.17, 15) is 14.4 Å². The fourth-order valence-electron chi connectivity index (χ4n) is 5.58. The van der Waals surface area contributed by atoms with E-state index in [1.54, 1.807) is 31.4 Å². The summed E-state index contributed by atoms with van der Waals surface area (Å²) in [6, 6.07) is 18.2. The predicted molar refractivity (Wildman–Crippen MR) is 146 cm³/mol. The summed E-state index contributed by atoms with van der Waals surface area (Å²) < 4.78 is 19.1. The number of Topliss-reactive ketones (excluding diaryl/α,β-unsaturated/α-hetero) is 1. The number of para-hydroxylation sites is 1. The highest BCUT2D eigenvalue weighted by molar-refractivity contribution is 6.16. The first-order valence-electron chi connectivity index (χ1n) is 12.5. The molecule has 1 unspecified atom stereocenters. The topological polar surface area (TPSA) is 99.6 Å². The number of pyridine rings is 1. The molecule has 1 N–H and O–H groups in total. The number of carbonyl (C=O) groups is 2. The first-order chi connectivity index (χ1) is 18.9. The average molecular weight is 519 g/mol. The molecule has 2 aromatic heterocycles. The van der Waals surface area contributed by atoms with Gasteiger partial charge in [-0.2, -0.15) is 0 Å². The van der Waals surface area contributed by atoms with Gasteiger partial charge in [0.2, 0.25) is 5.78 Å². The lowest BCUT2D eigenvalue weighted by Gasteiger charge is -2.26.